The summed E-state index contributed by atoms with van der Waals surface area (Å²) in [6, 6.07) is 9.95. The molecule has 3 nitrogen and oxygen atoms in total. The molecule has 2 heterocycles. The number of Topliss-reactive ketones (excluding diaryl/α,β-unsaturated/α-hetero) is 1. The molecule has 0 unspecified atom stereocenters. The van der Waals surface area contributed by atoms with Crippen LogP contribution in [0.1, 0.15) is 21.6 Å². The van der Waals surface area contributed by atoms with Crippen molar-refractivity contribution in [3.8, 4) is 0 Å². The number of H-pyrrole nitrogens is 1. The molecule has 2 aromatic rings. The van der Waals surface area contributed by atoms with Gasteiger partial charge >= 0.3 is 0 Å². The van der Waals surface area contributed by atoms with E-state index in [0.717, 1.165) is 27.6 Å². The summed E-state index contributed by atoms with van der Waals surface area (Å²) < 4.78 is 0. The van der Waals surface area contributed by atoms with E-state index in [1.165, 1.54) is 5.56 Å². The summed E-state index contributed by atoms with van der Waals surface area (Å²) in [7, 11) is 4.06. The number of carbonyl (C=O) groups excluding carboxylic acids is 1. The molecule has 0 amide bonds. The highest BCUT2D eigenvalue weighted by molar-refractivity contribution is 8.05. The fraction of sp³-hybridized carbons (Fsp3) is 0.188. The number of aromatic nitrogens is 1. The molecular weight excluding hydrogens is 268 g/mol. The SMILES string of the molecule is CN(C)Cc1c[nH]c2c1SC(=Cc1ccccc1)C2=O. The van der Waals surface area contributed by atoms with Gasteiger partial charge in [0.1, 0.15) is 5.69 Å². The topological polar surface area (TPSA) is 36.1 Å². The standard InChI is InChI=1S/C16H16N2OS/c1-18(2)10-12-9-17-14-15(19)13(20-16(12)14)8-11-6-4-3-5-7-11/h3-9,17H,10H2,1-2H3. The first-order chi connectivity index (χ1) is 9.65. The second-order valence-corrected chi connectivity index (χ2v) is 6.16. The Morgan fingerprint density at radius 2 is 2.00 bits per heavy atom. The lowest BCUT2D eigenvalue weighted by Crippen LogP contribution is -2.10. The molecule has 0 spiro atoms. The zero-order valence-corrected chi connectivity index (χ0v) is 12.3. The number of nitrogens with zero attached hydrogens (tertiary/aromatic N) is 1. The molecule has 0 saturated heterocycles. The van der Waals surface area contributed by atoms with E-state index in [2.05, 4.69) is 9.88 Å². The largest absolute Gasteiger partial charge is 0.357 e. The Labute approximate surface area is 122 Å². The van der Waals surface area contributed by atoms with Crippen LogP contribution in [-0.4, -0.2) is 29.8 Å². The second-order valence-electron chi connectivity index (χ2n) is 5.11. The van der Waals surface area contributed by atoms with Gasteiger partial charge in [0, 0.05) is 17.6 Å². The van der Waals surface area contributed by atoms with Gasteiger partial charge in [0.15, 0.2) is 0 Å². The number of hydrogen-bond acceptors (Lipinski definition) is 3. The summed E-state index contributed by atoms with van der Waals surface area (Å²) in [5.41, 5.74) is 2.97. The minimum atomic E-state index is 0.0962. The van der Waals surface area contributed by atoms with E-state index < -0.39 is 0 Å². The number of benzene rings is 1. The smallest absolute Gasteiger partial charge is 0.217 e. The highest BCUT2D eigenvalue weighted by Crippen LogP contribution is 2.42. The molecule has 20 heavy (non-hydrogen) atoms. The molecule has 1 aliphatic rings. The van der Waals surface area contributed by atoms with Gasteiger partial charge in [-0.2, -0.15) is 0 Å². The van der Waals surface area contributed by atoms with Crippen molar-refractivity contribution in [2.24, 2.45) is 0 Å². The van der Waals surface area contributed by atoms with Crippen molar-refractivity contribution in [3.63, 3.8) is 0 Å². The number of aromatic amines is 1. The van der Waals surface area contributed by atoms with Crippen LogP contribution in [-0.2, 0) is 6.54 Å². The Balaban J connectivity index is 1.91. The first-order valence-corrected chi connectivity index (χ1v) is 7.31. The zero-order chi connectivity index (χ0) is 14.1. The molecule has 1 aliphatic heterocycles. The minimum absolute atomic E-state index is 0.0962. The maximum absolute atomic E-state index is 12.4. The van der Waals surface area contributed by atoms with Gasteiger partial charge in [-0.25, -0.2) is 0 Å². The lowest BCUT2D eigenvalue weighted by atomic mass is 10.1. The molecule has 102 valence electrons. The van der Waals surface area contributed by atoms with E-state index in [-0.39, 0.29) is 5.78 Å². The van der Waals surface area contributed by atoms with Gasteiger partial charge in [0.25, 0.3) is 0 Å². The van der Waals surface area contributed by atoms with Crippen molar-refractivity contribution >= 4 is 23.6 Å². The van der Waals surface area contributed by atoms with Gasteiger partial charge < -0.3 is 9.88 Å². The number of nitrogens with one attached hydrogen (secondary N) is 1. The summed E-state index contributed by atoms with van der Waals surface area (Å²) >= 11 is 1.57. The van der Waals surface area contributed by atoms with Crippen molar-refractivity contribution in [2.75, 3.05) is 14.1 Å². The Hall–Kier alpha value is -1.78. The molecule has 1 aromatic carbocycles. The highest BCUT2D eigenvalue weighted by Gasteiger charge is 2.29. The van der Waals surface area contributed by atoms with Crippen LogP contribution in [0, 0.1) is 0 Å². The van der Waals surface area contributed by atoms with Crippen molar-refractivity contribution in [1.29, 1.82) is 0 Å². The third-order valence-corrected chi connectivity index (χ3v) is 4.35. The van der Waals surface area contributed by atoms with Crippen LogP contribution in [0.2, 0.25) is 0 Å². The fourth-order valence-electron chi connectivity index (χ4n) is 2.27. The van der Waals surface area contributed by atoms with Crippen LogP contribution < -0.4 is 0 Å². The van der Waals surface area contributed by atoms with Crippen LogP contribution >= 0.6 is 11.8 Å². The van der Waals surface area contributed by atoms with Crippen molar-refractivity contribution in [2.45, 2.75) is 11.4 Å². The molecule has 0 bridgehead atoms. The number of ketones is 1. The van der Waals surface area contributed by atoms with Gasteiger partial charge in [0.2, 0.25) is 5.78 Å². The third-order valence-electron chi connectivity index (χ3n) is 3.16. The van der Waals surface area contributed by atoms with E-state index in [1.807, 2.05) is 56.7 Å². The third kappa shape index (κ3) is 2.44. The lowest BCUT2D eigenvalue weighted by molar-refractivity contribution is 0.104. The number of thioether (sulfide) groups is 1. The summed E-state index contributed by atoms with van der Waals surface area (Å²) in [5.74, 6) is 0.0962. The lowest BCUT2D eigenvalue weighted by Gasteiger charge is -2.08. The molecule has 0 radical (unpaired) electrons. The molecule has 1 aromatic heterocycles. The van der Waals surface area contributed by atoms with E-state index >= 15 is 0 Å². The number of carbonyl (C=O) groups is 1. The van der Waals surface area contributed by atoms with Crippen molar-refractivity contribution in [1.82, 2.24) is 9.88 Å². The first kappa shape index (κ1) is 13.2. The predicted molar refractivity (Wildman–Crippen MR) is 82.8 cm³/mol. The Morgan fingerprint density at radius 3 is 2.70 bits per heavy atom. The average molecular weight is 284 g/mol. The van der Waals surface area contributed by atoms with Gasteiger partial charge in [-0.15, -0.1) is 0 Å². The van der Waals surface area contributed by atoms with Crippen molar-refractivity contribution in [3.05, 3.63) is 58.3 Å². The summed E-state index contributed by atoms with van der Waals surface area (Å²) in [4.78, 5) is 19.5. The summed E-state index contributed by atoms with van der Waals surface area (Å²) in [6.07, 6.45) is 3.90. The van der Waals surface area contributed by atoms with Crippen LogP contribution in [0.4, 0.5) is 0 Å². The summed E-state index contributed by atoms with van der Waals surface area (Å²) in [5, 5.41) is 0. The maximum Gasteiger partial charge on any atom is 0.217 e. The number of fused-ring (bicyclic) bond motifs is 1. The summed E-state index contributed by atoms with van der Waals surface area (Å²) in [6.45, 7) is 0.838. The van der Waals surface area contributed by atoms with E-state index in [1.54, 1.807) is 11.8 Å². The quantitative estimate of drug-likeness (QED) is 0.877. The normalized spacial score (nSPS) is 16.1. The van der Waals surface area contributed by atoms with Gasteiger partial charge in [-0.05, 0) is 31.3 Å². The van der Waals surface area contributed by atoms with E-state index in [9.17, 15) is 4.79 Å². The van der Waals surface area contributed by atoms with Gasteiger partial charge in [-0.3, -0.25) is 4.79 Å². The first-order valence-electron chi connectivity index (χ1n) is 6.49. The van der Waals surface area contributed by atoms with Crippen LogP contribution in [0.15, 0.2) is 46.3 Å². The molecule has 0 saturated carbocycles. The highest BCUT2D eigenvalue weighted by atomic mass is 32.2. The molecule has 3 rings (SSSR count). The van der Waals surface area contributed by atoms with E-state index in [0.29, 0.717) is 0 Å². The molecule has 4 heteroatoms. The molecule has 0 aliphatic carbocycles. The number of allylic oxidation sites excluding steroid dienone is 1. The average Bonchev–Trinajstić information content (AvgIpc) is 2.93. The Morgan fingerprint density at radius 1 is 1.25 bits per heavy atom. The fourth-order valence-corrected chi connectivity index (χ4v) is 3.39. The molecule has 1 N–H and O–H groups in total. The molecular formula is C16H16N2OS. The Kier molecular flexibility index (Phi) is 3.51. The number of rotatable bonds is 3. The van der Waals surface area contributed by atoms with Crippen molar-refractivity contribution < 1.29 is 4.79 Å². The van der Waals surface area contributed by atoms with Gasteiger partial charge in [0.05, 0.1) is 4.91 Å². The molecule has 0 fully saturated rings. The second kappa shape index (κ2) is 5.31. The van der Waals surface area contributed by atoms with Crippen LogP contribution in [0.3, 0.4) is 0 Å². The van der Waals surface area contributed by atoms with E-state index in [4.69, 9.17) is 0 Å². The maximum atomic E-state index is 12.4. The van der Waals surface area contributed by atoms with Crippen LogP contribution in [0.5, 0.6) is 0 Å². The van der Waals surface area contributed by atoms with Gasteiger partial charge in [-0.1, -0.05) is 42.1 Å². The Bertz CT molecular complexity index is 671. The monoisotopic (exact) mass is 284 g/mol. The number of hydrogen-bond donors (Lipinski definition) is 1. The van der Waals surface area contributed by atoms with Crippen LogP contribution in [0.25, 0.3) is 6.08 Å². The zero-order valence-electron chi connectivity index (χ0n) is 11.5. The molecule has 0 atom stereocenters. The predicted octanol–water partition coefficient (Wildman–Crippen LogP) is 3.41. The minimum Gasteiger partial charge on any atom is -0.357 e.